The topological polar surface area (TPSA) is 75.4 Å². The van der Waals surface area contributed by atoms with Crippen molar-refractivity contribution >= 4 is 21.8 Å². The number of aryl methyl sites for hydroxylation is 2. The Morgan fingerprint density at radius 1 is 1.36 bits per heavy atom. The summed E-state index contributed by atoms with van der Waals surface area (Å²) in [6.45, 7) is 4.01. The molecule has 0 aliphatic carbocycles. The first-order chi connectivity index (χ1) is 11.8. The van der Waals surface area contributed by atoms with Gasteiger partial charge < -0.3 is 10.0 Å². The number of aromatic hydroxyl groups is 1. The van der Waals surface area contributed by atoms with E-state index in [0.29, 0.717) is 0 Å². The van der Waals surface area contributed by atoms with Crippen molar-refractivity contribution < 1.29 is 13.5 Å². The van der Waals surface area contributed by atoms with E-state index in [1.54, 1.807) is 17.2 Å². The maximum atomic E-state index is 12.6. The molecule has 2 aromatic rings. The molecule has 0 saturated heterocycles. The van der Waals surface area contributed by atoms with E-state index < -0.39 is 10.0 Å². The van der Waals surface area contributed by atoms with Crippen molar-refractivity contribution in [2.45, 2.75) is 30.2 Å². The predicted molar refractivity (Wildman–Crippen MR) is 101 cm³/mol. The van der Waals surface area contributed by atoms with Crippen LogP contribution < -0.4 is 0 Å². The summed E-state index contributed by atoms with van der Waals surface area (Å²) in [7, 11) is -0.0789. The fourth-order valence-corrected chi connectivity index (χ4v) is 4.79. The van der Waals surface area contributed by atoms with E-state index in [1.807, 2.05) is 46.1 Å². The van der Waals surface area contributed by atoms with Crippen molar-refractivity contribution in [3.05, 3.63) is 47.8 Å². The standard InChI is InChI=1S/C17H23N3O3S2/c1-5-14-9-6-8-13(2)16(14)24-17-15(21)12-18-20(17)25(22,23)11-7-10-19(3)4/h6-10,12,21H,5,11H2,1-4H3. The SMILES string of the molecule is CCc1cccc(C)c1Sc1c(O)cnn1S(=O)(=O)CC=CN(C)C. The second-order valence-electron chi connectivity index (χ2n) is 5.82. The second kappa shape index (κ2) is 7.97. The molecule has 0 amide bonds. The molecule has 1 aromatic heterocycles. The zero-order chi connectivity index (χ0) is 18.6. The molecule has 0 atom stereocenters. The third-order valence-corrected chi connectivity index (χ3v) is 6.42. The molecule has 0 bridgehead atoms. The molecular weight excluding hydrogens is 358 g/mol. The normalized spacial score (nSPS) is 12.0. The van der Waals surface area contributed by atoms with E-state index in [-0.39, 0.29) is 16.5 Å². The van der Waals surface area contributed by atoms with Crippen molar-refractivity contribution in [3.63, 3.8) is 0 Å². The van der Waals surface area contributed by atoms with Gasteiger partial charge in [0.15, 0.2) is 10.8 Å². The number of hydrogen-bond donors (Lipinski definition) is 1. The molecule has 0 radical (unpaired) electrons. The summed E-state index contributed by atoms with van der Waals surface area (Å²) in [5.41, 5.74) is 2.13. The first-order valence-electron chi connectivity index (χ1n) is 7.86. The smallest absolute Gasteiger partial charge is 0.258 e. The van der Waals surface area contributed by atoms with Gasteiger partial charge in [0.25, 0.3) is 10.0 Å². The van der Waals surface area contributed by atoms with Crippen LogP contribution in [0.5, 0.6) is 5.75 Å². The van der Waals surface area contributed by atoms with Gasteiger partial charge in [-0.15, -0.1) is 4.09 Å². The first-order valence-corrected chi connectivity index (χ1v) is 10.3. The van der Waals surface area contributed by atoms with Gasteiger partial charge in [-0.25, -0.2) is 8.42 Å². The summed E-state index contributed by atoms with van der Waals surface area (Å²) in [5, 5.41) is 14.2. The van der Waals surface area contributed by atoms with E-state index in [9.17, 15) is 13.5 Å². The largest absolute Gasteiger partial charge is 0.504 e. The first kappa shape index (κ1) is 19.4. The van der Waals surface area contributed by atoms with E-state index in [0.717, 1.165) is 26.5 Å². The number of hydrogen-bond acceptors (Lipinski definition) is 6. The summed E-state index contributed by atoms with van der Waals surface area (Å²) in [6.07, 6.45) is 5.20. The maximum absolute atomic E-state index is 12.6. The summed E-state index contributed by atoms with van der Waals surface area (Å²) in [5.74, 6) is -0.343. The van der Waals surface area contributed by atoms with Gasteiger partial charge in [-0.3, -0.25) is 0 Å². The lowest BCUT2D eigenvalue weighted by molar-refractivity contribution is 0.460. The Labute approximate surface area is 153 Å². The lowest BCUT2D eigenvalue weighted by atomic mass is 10.1. The fourth-order valence-electron chi connectivity index (χ4n) is 2.28. The fraction of sp³-hybridized carbons (Fsp3) is 0.353. The highest BCUT2D eigenvalue weighted by Gasteiger charge is 2.22. The Kier molecular flexibility index (Phi) is 6.18. The molecule has 25 heavy (non-hydrogen) atoms. The lowest BCUT2D eigenvalue weighted by Crippen LogP contribution is -2.18. The van der Waals surface area contributed by atoms with Crippen molar-refractivity contribution in [2.24, 2.45) is 0 Å². The molecule has 0 fully saturated rings. The van der Waals surface area contributed by atoms with E-state index in [4.69, 9.17) is 0 Å². The molecule has 8 heteroatoms. The van der Waals surface area contributed by atoms with Crippen LogP contribution in [0.4, 0.5) is 0 Å². The third-order valence-electron chi connectivity index (χ3n) is 3.52. The van der Waals surface area contributed by atoms with Crippen LogP contribution in [0.15, 0.2) is 46.6 Å². The average molecular weight is 382 g/mol. The molecule has 136 valence electrons. The number of nitrogens with zero attached hydrogens (tertiary/aromatic N) is 3. The lowest BCUT2D eigenvalue weighted by Gasteiger charge is -2.12. The van der Waals surface area contributed by atoms with Crippen molar-refractivity contribution in [3.8, 4) is 5.75 Å². The van der Waals surface area contributed by atoms with Gasteiger partial charge in [-0.2, -0.15) is 5.10 Å². The predicted octanol–water partition coefficient (Wildman–Crippen LogP) is 2.86. The van der Waals surface area contributed by atoms with Crippen LogP contribution in [0.3, 0.4) is 0 Å². The number of benzene rings is 1. The van der Waals surface area contributed by atoms with E-state index in [1.165, 1.54) is 18.0 Å². The van der Waals surface area contributed by atoms with Crippen LogP contribution in [-0.2, 0) is 16.4 Å². The van der Waals surface area contributed by atoms with Crippen molar-refractivity contribution in [1.29, 1.82) is 0 Å². The molecule has 1 aromatic carbocycles. The Morgan fingerprint density at radius 2 is 2.08 bits per heavy atom. The van der Waals surface area contributed by atoms with E-state index in [2.05, 4.69) is 5.10 Å². The molecule has 0 saturated carbocycles. The van der Waals surface area contributed by atoms with Gasteiger partial charge in [0, 0.05) is 19.0 Å². The summed E-state index contributed by atoms with van der Waals surface area (Å²) < 4.78 is 26.1. The van der Waals surface area contributed by atoms with E-state index >= 15 is 0 Å². The highest BCUT2D eigenvalue weighted by molar-refractivity contribution is 8.00. The Hall–Kier alpha value is -1.93. The van der Waals surface area contributed by atoms with Crippen LogP contribution in [0.2, 0.25) is 0 Å². The average Bonchev–Trinajstić information content (AvgIpc) is 2.90. The quantitative estimate of drug-likeness (QED) is 0.795. The van der Waals surface area contributed by atoms with Crippen molar-refractivity contribution in [1.82, 2.24) is 14.1 Å². The second-order valence-corrected chi connectivity index (χ2v) is 8.67. The molecule has 1 N–H and O–H groups in total. The van der Waals surface area contributed by atoms with Crippen LogP contribution in [0.25, 0.3) is 0 Å². The zero-order valence-electron chi connectivity index (χ0n) is 14.8. The van der Waals surface area contributed by atoms with Gasteiger partial charge >= 0.3 is 0 Å². The maximum Gasteiger partial charge on any atom is 0.258 e. The Bertz CT molecular complexity index is 871. The summed E-state index contributed by atoms with van der Waals surface area (Å²) in [6, 6.07) is 5.94. The monoisotopic (exact) mass is 381 g/mol. The Balaban J connectivity index is 2.41. The highest BCUT2D eigenvalue weighted by atomic mass is 32.2. The molecule has 0 aliphatic heterocycles. The van der Waals surface area contributed by atoms with Crippen LogP contribution in [0, 0.1) is 6.92 Å². The van der Waals surface area contributed by atoms with Gasteiger partial charge in [-0.05, 0) is 30.7 Å². The molecule has 2 rings (SSSR count). The molecule has 0 unspecified atom stereocenters. The zero-order valence-corrected chi connectivity index (χ0v) is 16.4. The minimum Gasteiger partial charge on any atom is -0.504 e. The number of aromatic nitrogens is 2. The van der Waals surface area contributed by atoms with Crippen LogP contribution >= 0.6 is 11.8 Å². The highest BCUT2D eigenvalue weighted by Crippen LogP contribution is 2.38. The Morgan fingerprint density at radius 3 is 2.72 bits per heavy atom. The van der Waals surface area contributed by atoms with Gasteiger partial charge in [0.2, 0.25) is 0 Å². The molecule has 0 aliphatic rings. The van der Waals surface area contributed by atoms with Gasteiger partial charge in [-0.1, -0.05) is 43.0 Å². The molecular formula is C17H23N3O3S2. The third kappa shape index (κ3) is 4.58. The summed E-state index contributed by atoms with van der Waals surface area (Å²) in [4.78, 5) is 2.70. The minimum atomic E-state index is -3.71. The van der Waals surface area contributed by atoms with Crippen LogP contribution in [0.1, 0.15) is 18.1 Å². The molecule has 1 heterocycles. The van der Waals surface area contributed by atoms with Gasteiger partial charge in [0.05, 0.1) is 11.9 Å². The van der Waals surface area contributed by atoms with Gasteiger partial charge in [0.1, 0.15) is 0 Å². The molecule has 0 spiro atoms. The van der Waals surface area contributed by atoms with Crippen molar-refractivity contribution in [2.75, 3.05) is 19.8 Å². The van der Waals surface area contributed by atoms with Crippen LogP contribution in [-0.4, -0.2) is 47.5 Å². The summed E-state index contributed by atoms with van der Waals surface area (Å²) >= 11 is 1.23. The minimum absolute atomic E-state index is 0.143. The number of rotatable bonds is 7. The molecule has 6 nitrogen and oxygen atoms in total.